The second kappa shape index (κ2) is 8.37. The van der Waals surface area contributed by atoms with Gasteiger partial charge in [0.05, 0.1) is 22.5 Å². The number of benzene rings is 2. The first-order valence-electron chi connectivity index (χ1n) is 10.3. The molecule has 1 N–H and O–H groups in total. The van der Waals surface area contributed by atoms with E-state index in [0.717, 1.165) is 22.5 Å². The summed E-state index contributed by atoms with van der Waals surface area (Å²) in [4.78, 5) is 25.9. The van der Waals surface area contributed by atoms with E-state index in [1.54, 1.807) is 30.7 Å². The van der Waals surface area contributed by atoms with Crippen LogP contribution in [0.5, 0.6) is 0 Å². The minimum Gasteiger partial charge on any atom is -0.350 e. The number of carbonyl (C=O) groups is 1. The number of aryl methyl sites for hydroxylation is 3. The molecule has 2 aromatic heterocycles. The molecule has 4 aromatic rings. The minimum atomic E-state index is -0.837. The minimum absolute atomic E-state index is 0.223. The highest BCUT2D eigenvalue weighted by Gasteiger charge is 2.23. The molecule has 0 radical (unpaired) electrons. The molecule has 1 unspecified atom stereocenters. The van der Waals surface area contributed by atoms with E-state index in [4.69, 9.17) is 0 Å². The van der Waals surface area contributed by atoms with Crippen molar-refractivity contribution in [1.82, 2.24) is 24.9 Å². The van der Waals surface area contributed by atoms with E-state index in [9.17, 15) is 14.0 Å². The Bertz CT molecular complexity index is 1350. The molecule has 0 spiro atoms. The van der Waals surface area contributed by atoms with Gasteiger partial charge in [0.2, 0.25) is 5.91 Å². The lowest BCUT2D eigenvalue weighted by molar-refractivity contribution is -0.124. The first-order chi connectivity index (χ1) is 15.3. The van der Waals surface area contributed by atoms with Crippen molar-refractivity contribution in [3.05, 3.63) is 87.2 Å². The van der Waals surface area contributed by atoms with Gasteiger partial charge in [-0.25, -0.2) is 13.8 Å². The SMILES string of the molecule is Cc1ccc(-n2nc3c(=O)n(C(C)C(=O)NCc4ccc(F)cc4)nc(C)c3c2C)cc1. The van der Waals surface area contributed by atoms with Crippen LogP contribution in [0.2, 0.25) is 0 Å². The van der Waals surface area contributed by atoms with Crippen LogP contribution in [0, 0.1) is 26.6 Å². The maximum atomic E-state index is 13.2. The molecule has 8 heteroatoms. The Balaban J connectivity index is 1.66. The Morgan fingerprint density at radius 1 is 1.03 bits per heavy atom. The number of hydrogen-bond acceptors (Lipinski definition) is 4. The normalized spacial score (nSPS) is 12.2. The van der Waals surface area contributed by atoms with E-state index in [1.165, 1.54) is 16.8 Å². The summed E-state index contributed by atoms with van der Waals surface area (Å²) in [7, 11) is 0. The average Bonchev–Trinajstić information content (AvgIpc) is 3.13. The Kier molecular flexibility index (Phi) is 5.61. The van der Waals surface area contributed by atoms with Crippen LogP contribution in [0.15, 0.2) is 53.3 Å². The first-order valence-corrected chi connectivity index (χ1v) is 10.3. The molecule has 2 heterocycles. The summed E-state index contributed by atoms with van der Waals surface area (Å²) in [6, 6.07) is 12.9. The van der Waals surface area contributed by atoms with E-state index in [-0.39, 0.29) is 23.8 Å². The lowest BCUT2D eigenvalue weighted by Crippen LogP contribution is -2.37. The summed E-state index contributed by atoms with van der Waals surface area (Å²) in [6.45, 7) is 7.54. The molecule has 0 fully saturated rings. The van der Waals surface area contributed by atoms with Gasteiger partial charge in [-0.3, -0.25) is 9.59 Å². The van der Waals surface area contributed by atoms with Gasteiger partial charge in [0, 0.05) is 6.54 Å². The maximum absolute atomic E-state index is 13.2. The van der Waals surface area contributed by atoms with E-state index in [1.807, 2.05) is 38.1 Å². The van der Waals surface area contributed by atoms with E-state index >= 15 is 0 Å². The van der Waals surface area contributed by atoms with Crippen LogP contribution >= 0.6 is 0 Å². The van der Waals surface area contributed by atoms with Crippen molar-refractivity contribution in [3.63, 3.8) is 0 Å². The molecular formula is C24H24FN5O2. The second-order valence-electron chi connectivity index (χ2n) is 7.91. The van der Waals surface area contributed by atoms with Gasteiger partial charge in [-0.2, -0.15) is 10.2 Å². The summed E-state index contributed by atoms with van der Waals surface area (Å²) in [5, 5.41) is 12.4. The molecule has 1 amide bonds. The van der Waals surface area contributed by atoms with Crippen molar-refractivity contribution in [2.24, 2.45) is 0 Å². The summed E-state index contributed by atoms with van der Waals surface area (Å²) < 4.78 is 16.0. The van der Waals surface area contributed by atoms with Crippen LogP contribution in [-0.4, -0.2) is 25.5 Å². The number of rotatable bonds is 5. The van der Waals surface area contributed by atoms with Crippen molar-refractivity contribution in [1.29, 1.82) is 0 Å². The number of carbonyl (C=O) groups excluding carboxylic acids is 1. The number of amides is 1. The highest BCUT2D eigenvalue weighted by atomic mass is 19.1. The fourth-order valence-electron chi connectivity index (χ4n) is 3.70. The van der Waals surface area contributed by atoms with Gasteiger partial charge in [0.25, 0.3) is 5.56 Å². The topological polar surface area (TPSA) is 81.8 Å². The summed E-state index contributed by atoms with van der Waals surface area (Å²) in [5.41, 5.74) is 4.01. The molecule has 0 aliphatic carbocycles. The maximum Gasteiger partial charge on any atom is 0.295 e. The smallest absolute Gasteiger partial charge is 0.295 e. The predicted octanol–water partition coefficient (Wildman–Crippen LogP) is 3.52. The molecule has 2 aromatic carbocycles. The van der Waals surface area contributed by atoms with Gasteiger partial charge in [-0.05, 0) is 57.5 Å². The van der Waals surface area contributed by atoms with Gasteiger partial charge < -0.3 is 5.32 Å². The lowest BCUT2D eigenvalue weighted by Gasteiger charge is -2.15. The molecule has 164 valence electrons. The van der Waals surface area contributed by atoms with E-state index in [2.05, 4.69) is 15.5 Å². The number of aromatic nitrogens is 4. The van der Waals surface area contributed by atoms with Crippen LogP contribution in [0.1, 0.15) is 35.5 Å². The van der Waals surface area contributed by atoms with Crippen LogP contribution in [0.4, 0.5) is 4.39 Å². The van der Waals surface area contributed by atoms with Crippen molar-refractivity contribution in [2.75, 3.05) is 0 Å². The number of nitrogens with zero attached hydrogens (tertiary/aromatic N) is 4. The van der Waals surface area contributed by atoms with Crippen LogP contribution in [0.25, 0.3) is 16.6 Å². The highest BCUT2D eigenvalue weighted by molar-refractivity contribution is 5.84. The lowest BCUT2D eigenvalue weighted by atomic mass is 10.2. The molecule has 7 nitrogen and oxygen atoms in total. The predicted molar refractivity (Wildman–Crippen MR) is 120 cm³/mol. The van der Waals surface area contributed by atoms with Crippen molar-refractivity contribution in [2.45, 2.75) is 40.3 Å². The van der Waals surface area contributed by atoms with Gasteiger partial charge in [-0.1, -0.05) is 29.8 Å². The molecule has 0 saturated heterocycles. The quantitative estimate of drug-likeness (QED) is 0.522. The molecule has 4 rings (SSSR count). The Labute approximate surface area is 184 Å². The zero-order valence-electron chi connectivity index (χ0n) is 18.4. The van der Waals surface area contributed by atoms with Crippen LogP contribution in [-0.2, 0) is 11.3 Å². The summed E-state index contributed by atoms with van der Waals surface area (Å²) in [5.74, 6) is -0.703. The summed E-state index contributed by atoms with van der Waals surface area (Å²) in [6.07, 6.45) is 0. The Hall–Kier alpha value is -3.81. The monoisotopic (exact) mass is 433 g/mol. The Morgan fingerprint density at radius 2 is 1.69 bits per heavy atom. The van der Waals surface area contributed by atoms with Gasteiger partial charge in [0.1, 0.15) is 11.9 Å². The largest absolute Gasteiger partial charge is 0.350 e. The first kappa shape index (κ1) is 21.4. The number of nitrogens with one attached hydrogen (secondary N) is 1. The third-order valence-corrected chi connectivity index (χ3v) is 5.55. The molecule has 0 saturated carbocycles. The van der Waals surface area contributed by atoms with E-state index < -0.39 is 11.6 Å². The molecular weight excluding hydrogens is 409 g/mol. The van der Waals surface area contributed by atoms with E-state index in [0.29, 0.717) is 11.1 Å². The molecule has 0 bridgehead atoms. The number of halogens is 1. The fraction of sp³-hybridized carbons (Fsp3) is 0.250. The van der Waals surface area contributed by atoms with Crippen molar-refractivity contribution >= 4 is 16.8 Å². The zero-order valence-corrected chi connectivity index (χ0v) is 18.4. The molecule has 32 heavy (non-hydrogen) atoms. The molecule has 1 atom stereocenters. The zero-order chi connectivity index (χ0) is 23.0. The molecule has 0 aliphatic rings. The average molecular weight is 433 g/mol. The fourth-order valence-corrected chi connectivity index (χ4v) is 3.70. The van der Waals surface area contributed by atoms with Crippen molar-refractivity contribution in [3.8, 4) is 5.69 Å². The van der Waals surface area contributed by atoms with Gasteiger partial charge >= 0.3 is 0 Å². The highest BCUT2D eigenvalue weighted by Crippen LogP contribution is 2.22. The Morgan fingerprint density at radius 3 is 2.34 bits per heavy atom. The van der Waals surface area contributed by atoms with Crippen LogP contribution < -0.4 is 10.9 Å². The number of hydrogen-bond donors (Lipinski definition) is 1. The van der Waals surface area contributed by atoms with Gasteiger partial charge in [0.15, 0.2) is 5.52 Å². The van der Waals surface area contributed by atoms with Crippen molar-refractivity contribution < 1.29 is 9.18 Å². The number of fused-ring (bicyclic) bond motifs is 1. The van der Waals surface area contributed by atoms with Gasteiger partial charge in [-0.15, -0.1) is 0 Å². The standard InChI is InChI=1S/C24H24FN5O2/c1-14-5-11-20(12-6-14)29-16(3)21-15(2)27-30(24(32)22(21)28-29)17(4)23(31)26-13-18-7-9-19(25)10-8-18/h5-12,17H,13H2,1-4H3,(H,26,31). The molecule has 0 aliphatic heterocycles. The summed E-state index contributed by atoms with van der Waals surface area (Å²) >= 11 is 0. The second-order valence-corrected chi connectivity index (χ2v) is 7.91. The van der Waals surface area contributed by atoms with Crippen LogP contribution in [0.3, 0.4) is 0 Å². The third kappa shape index (κ3) is 3.91. The third-order valence-electron chi connectivity index (χ3n) is 5.55.